The number of carbonyl (C=O) groups excluding carboxylic acids is 1. The maximum absolute atomic E-state index is 10.5. The fraction of sp³-hybridized carbons (Fsp3) is 0.111. The summed E-state index contributed by atoms with van der Waals surface area (Å²) in [5.41, 5.74) is 1.08. The van der Waals surface area contributed by atoms with Crippen LogP contribution in [0.3, 0.4) is 0 Å². The van der Waals surface area contributed by atoms with E-state index in [4.69, 9.17) is 5.26 Å². The Morgan fingerprint density at radius 1 is 1.42 bits per heavy atom. The van der Waals surface area contributed by atoms with Crippen molar-refractivity contribution < 1.29 is 9.53 Å². The van der Waals surface area contributed by atoms with Gasteiger partial charge in [0.05, 0.1) is 0 Å². The van der Waals surface area contributed by atoms with Crippen molar-refractivity contribution >= 4 is 5.97 Å². The van der Waals surface area contributed by atoms with Crippen LogP contribution < -0.4 is 4.74 Å². The van der Waals surface area contributed by atoms with E-state index in [-0.39, 0.29) is 0 Å². The van der Waals surface area contributed by atoms with Gasteiger partial charge in [0.25, 0.3) is 0 Å². The second-order valence-electron chi connectivity index (χ2n) is 2.31. The van der Waals surface area contributed by atoms with Crippen molar-refractivity contribution in [1.82, 2.24) is 0 Å². The first-order valence-corrected chi connectivity index (χ1v) is 3.41. The van der Waals surface area contributed by atoms with Crippen molar-refractivity contribution in [3.63, 3.8) is 0 Å². The van der Waals surface area contributed by atoms with E-state index in [9.17, 15) is 4.79 Å². The van der Waals surface area contributed by atoms with Gasteiger partial charge in [-0.1, -0.05) is 17.7 Å². The molecule has 1 aromatic rings. The van der Waals surface area contributed by atoms with E-state index in [1.54, 1.807) is 24.3 Å². The molecule has 3 nitrogen and oxygen atoms in total. The number of ether oxygens (including phenoxy) is 1. The number of esters is 1. The first-order chi connectivity index (χ1) is 5.72. The molecule has 0 aromatic heterocycles. The highest BCUT2D eigenvalue weighted by Crippen LogP contribution is 2.10. The monoisotopic (exact) mass is 161 g/mol. The van der Waals surface area contributed by atoms with Gasteiger partial charge in [0.15, 0.2) is 6.07 Å². The van der Waals surface area contributed by atoms with Crippen LogP contribution in [0.5, 0.6) is 5.75 Å². The zero-order valence-electron chi connectivity index (χ0n) is 6.57. The molecule has 0 spiro atoms. The van der Waals surface area contributed by atoms with Gasteiger partial charge < -0.3 is 4.74 Å². The Balaban J connectivity index is 2.73. The van der Waals surface area contributed by atoms with Crippen LogP contribution in [0.15, 0.2) is 24.3 Å². The van der Waals surface area contributed by atoms with Gasteiger partial charge >= 0.3 is 5.97 Å². The van der Waals surface area contributed by atoms with Crippen molar-refractivity contribution in [2.45, 2.75) is 6.92 Å². The highest BCUT2D eigenvalue weighted by molar-refractivity contribution is 5.87. The number of carbonyl (C=O) groups is 1. The standard InChI is InChI=1S/C9H7NO2/c1-7-2-4-8(5-3-7)12-9(11)6-10/h2-5H,1H3. The van der Waals surface area contributed by atoms with Crippen molar-refractivity contribution in [3.05, 3.63) is 29.8 Å². The number of aryl methyl sites for hydroxylation is 1. The molecule has 60 valence electrons. The Morgan fingerprint density at radius 3 is 2.50 bits per heavy atom. The van der Waals surface area contributed by atoms with E-state index >= 15 is 0 Å². The molecule has 0 bridgehead atoms. The minimum absolute atomic E-state index is 0.396. The lowest BCUT2D eigenvalue weighted by Gasteiger charge is -1.98. The molecule has 3 heteroatoms. The summed E-state index contributed by atoms with van der Waals surface area (Å²) >= 11 is 0. The third-order valence-corrected chi connectivity index (χ3v) is 1.32. The predicted molar refractivity (Wildman–Crippen MR) is 42.4 cm³/mol. The molecule has 0 heterocycles. The summed E-state index contributed by atoms with van der Waals surface area (Å²) in [6, 6.07) is 8.26. The molecule has 12 heavy (non-hydrogen) atoms. The molecule has 0 aliphatic rings. The Bertz CT molecular complexity index is 321. The van der Waals surface area contributed by atoms with Crippen LogP contribution in [-0.4, -0.2) is 5.97 Å². The van der Waals surface area contributed by atoms with Crippen molar-refractivity contribution in [2.75, 3.05) is 0 Å². The maximum Gasteiger partial charge on any atom is 0.416 e. The van der Waals surface area contributed by atoms with Crippen molar-refractivity contribution in [2.24, 2.45) is 0 Å². The summed E-state index contributed by atoms with van der Waals surface area (Å²) in [6.45, 7) is 1.93. The zero-order valence-corrected chi connectivity index (χ0v) is 6.57. The number of hydrogen-bond acceptors (Lipinski definition) is 3. The molecule has 1 aromatic carbocycles. The Kier molecular flexibility index (Phi) is 2.44. The molecule has 0 atom stereocenters. The number of nitriles is 1. The van der Waals surface area contributed by atoms with Gasteiger partial charge in [-0.15, -0.1) is 0 Å². The van der Waals surface area contributed by atoms with Crippen molar-refractivity contribution in [3.8, 4) is 11.8 Å². The van der Waals surface area contributed by atoms with Crippen molar-refractivity contribution in [1.29, 1.82) is 5.26 Å². The molecule has 0 fully saturated rings. The fourth-order valence-corrected chi connectivity index (χ4v) is 0.736. The van der Waals surface area contributed by atoms with Gasteiger partial charge in [-0.25, -0.2) is 4.79 Å². The number of hydrogen-bond donors (Lipinski definition) is 0. The first kappa shape index (κ1) is 8.28. The summed E-state index contributed by atoms with van der Waals surface area (Å²) in [6.07, 6.45) is 0. The zero-order chi connectivity index (χ0) is 8.97. The first-order valence-electron chi connectivity index (χ1n) is 3.41. The van der Waals surface area contributed by atoms with Gasteiger partial charge in [0, 0.05) is 0 Å². The van der Waals surface area contributed by atoms with Gasteiger partial charge in [0.1, 0.15) is 5.75 Å². The van der Waals surface area contributed by atoms with Crippen LogP contribution in [0, 0.1) is 18.3 Å². The van der Waals surface area contributed by atoms with Crippen LogP contribution >= 0.6 is 0 Å². The highest BCUT2D eigenvalue weighted by Gasteiger charge is 2.00. The lowest BCUT2D eigenvalue weighted by Crippen LogP contribution is -2.03. The van der Waals surface area contributed by atoms with E-state index < -0.39 is 5.97 Å². The Labute approximate surface area is 70.2 Å². The minimum Gasteiger partial charge on any atom is -0.415 e. The van der Waals surface area contributed by atoms with E-state index in [1.807, 2.05) is 6.92 Å². The Morgan fingerprint density at radius 2 is 2.00 bits per heavy atom. The maximum atomic E-state index is 10.5. The molecule has 1 rings (SSSR count). The summed E-state index contributed by atoms with van der Waals surface area (Å²) in [7, 11) is 0. The molecule has 0 aliphatic carbocycles. The molecule has 0 radical (unpaired) electrons. The van der Waals surface area contributed by atoms with Crippen LogP contribution in [0.2, 0.25) is 0 Å². The summed E-state index contributed by atoms with van der Waals surface area (Å²) in [5, 5.41) is 8.13. The largest absolute Gasteiger partial charge is 0.416 e. The molecule has 0 saturated heterocycles. The van der Waals surface area contributed by atoms with Gasteiger partial charge in [-0.05, 0) is 19.1 Å². The van der Waals surface area contributed by atoms with Crippen LogP contribution in [0.1, 0.15) is 5.56 Å². The quantitative estimate of drug-likeness (QED) is 0.355. The molecule has 0 aliphatic heterocycles. The molecule has 0 unspecified atom stereocenters. The molecule has 0 amide bonds. The van der Waals surface area contributed by atoms with Gasteiger partial charge in [0.2, 0.25) is 0 Å². The smallest absolute Gasteiger partial charge is 0.415 e. The second-order valence-corrected chi connectivity index (χ2v) is 2.31. The fourth-order valence-electron chi connectivity index (χ4n) is 0.736. The summed E-state index contributed by atoms with van der Waals surface area (Å²) in [4.78, 5) is 10.5. The number of benzene rings is 1. The minimum atomic E-state index is -0.890. The third kappa shape index (κ3) is 2.10. The molecular formula is C9H7NO2. The topological polar surface area (TPSA) is 50.1 Å². The Hall–Kier alpha value is -1.82. The molecular weight excluding hydrogens is 154 g/mol. The lowest BCUT2D eigenvalue weighted by molar-refractivity contribution is -0.128. The SMILES string of the molecule is Cc1ccc(OC(=O)C#N)cc1. The third-order valence-electron chi connectivity index (χ3n) is 1.32. The normalized spacial score (nSPS) is 8.67. The van der Waals surface area contributed by atoms with E-state index in [1.165, 1.54) is 6.07 Å². The molecule has 0 saturated carbocycles. The van der Waals surface area contributed by atoms with E-state index in [0.29, 0.717) is 5.75 Å². The summed E-state index contributed by atoms with van der Waals surface area (Å²) < 4.78 is 4.62. The average molecular weight is 161 g/mol. The number of rotatable bonds is 1. The van der Waals surface area contributed by atoms with Crippen LogP contribution in [-0.2, 0) is 4.79 Å². The second kappa shape index (κ2) is 3.54. The lowest BCUT2D eigenvalue weighted by atomic mass is 10.2. The van der Waals surface area contributed by atoms with E-state index in [0.717, 1.165) is 5.56 Å². The molecule has 0 N–H and O–H groups in total. The van der Waals surface area contributed by atoms with Crippen LogP contribution in [0.4, 0.5) is 0 Å². The van der Waals surface area contributed by atoms with Gasteiger partial charge in [-0.2, -0.15) is 5.26 Å². The average Bonchev–Trinajstić information content (AvgIpc) is 2.09. The number of nitrogens with zero attached hydrogens (tertiary/aromatic N) is 1. The van der Waals surface area contributed by atoms with Gasteiger partial charge in [-0.3, -0.25) is 0 Å². The summed E-state index contributed by atoms with van der Waals surface area (Å²) in [5.74, 6) is -0.494. The predicted octanol–water partition coefficient (Wildman–Crippen LogP) is 1.42. The highest BCUT2D eigenvalue weighted by atomic mass is 16.5. The van der Waals surface area contributed by atoms with Crippen LogP contribution in [0.25, 0.3) is 0 Å². The van der Waals surface area contributed by atoms with E-state index in [2.05, 4.69) is 4.74 Å².